The lowest BCUT2D eigenvalue weighted by atomic mass is 10.1. The maximum absolute atomic E-state index is 12.8. The molecule has 8 heteroatoms. The van der Waals surface area contributed by atoms with E-state index < -0.39 is 0 Å². The molecule has 6 nitrogen and oxygen atoms in total. The predicted molar refractivity (Wildman–Crippen MR) is 96.3 cm³/mol. The fraction of sp³-hybridized carbons (Fsp3) is 0.125. The Morgan fingerprint density at radius 1 is 1.25 bits per heavy atom. The number of aryl methyl sites for hydroxylation is 1. The van der Waals surface area contributed by atoms with Crippen LogP contribution < -0.4 is 5.56 Å². The minimum Gasteiger partial charge on any atom is -0.294 e. The second-order valence-corrected chi connectivity index (χ2v) is 6.55. The fourth-order valence-electron chi connectivity index (χ4n) is 2.75. The summed E-state index contributed by atoms with van der Waals surface area (Å²) < 4.78 is 3.57. The Balaban J connectivity index is 1.92. The summed E-state index contributed by atoms with van der Waals surface area (Å²) in [5, 5.41) is 6.18. The van der Waals surface area contributed by atoms with E-state index >= 15 is 0 Å². The zero-order valence-corrected chi connectivity index (χ0v) is 14.9. The van der Waals surface area contributed by atoms with Gasteiger partial charge in [-0.05, 0) is 28.1 Å². The van der Waals surface area contributed by atoms with E-state index in [1.54, 1.807) is 17.9 Å². The van der Waals surface area contributed by atoms with Gasteiger partial charge in [0.25, 0.3) is 5.56 Å². The molecule has 120 valence electrons. The molecule has 0 saturated heterocycles. The lowest BCUT2D eigenvalue weighted by Crippen LogP contribution is -2.21. The number of aromatic nitrogens is 5. The molecule has 24 heavy (non-hydrogen) atoms. The average Bonchev–Trinajstić information content (AvgIpc) is 2.87. The van der Waals surface area contributed by atoms with E-state index in [1.807, 2.05) is 24.3 Å². The third kappa shape index (κ3) is 2.32. The standard InChI is InChI=1S/C16H11BrClN5O/c1-22-15-12(14(17)21-22)16(24)23(8-20-15)7-10-11(18)5-4-9-3-2-6-19-13(9)10/h2-6,8H,7H2,1H3. The topological polar surface area (TPSA) is 65.6 Å². The van der Waals surface area contributed by atoms with Crippen molar-refractivity contribution in [2.24, 2.45) is 7.05 Å². The largest absolute Gasteiger partial charge is 0.294 e. The zero-order chi connectivity index (χ0) is 16.8. The van der Waals surface area contributed by atoms with E-state index in [1.165, 1.54) is 10.9 Å². The van der Waals surface area contributed by atoms with Crippen LogP contribution in [0.25, 0.3) is 21.9 Å². The Labute approximate surface area is 149 Å². The van der Waals surface area contributed by atoms with E-state index in [0.717, 1.165) is 16.5 Å². The number of hydrogen-bond acceptors (Lipinski definition) is 4. The summed E-state index contributed by atoms with van der Waals surface area (Å²) >= 11 is 9.68. The molecule has 4 aromatic rings. The molecule has 1 aromatic carbocycles. The lowest BCUT2D eigenvalue weighted by molar-refractivity contribution is 0.739. The van der Waals surface area contributed by atoms with Crippen LogP contribution in [-0.4, -0.2) is 24.3 Å². The van der Waals surface area contributed by atoms with Crippen molar-refractivity contribution in [1.29, 1.82) is 0 Å². The average molecular weight is 405 g/mol. The highest BCUT2D eigenvalue weighted by Gasteiger charge is 2.15. The molecular formula is C16H11BrClN5O. The third-order valence-corrected chi connectivity index (χ3v) is 4.83. The number of fused-ring (bicyclic) bond motifs is 2. The summed E-state index contributed by atoms with van der Waals surface area (Å²) in [5.74, 6) is 0. The first-order valence-corrected chi connectivity index (χ1v) is 8.33. The quantitative estimate of drug-likeness (QED) is 0.515. The molecular weight excluding hydrogens is 394 g/mol. The van der Waals surface area contributed by atoms with E-state index in [4.69, 9.17) is 11.6 Å². The molecule has 0 radical (unpaired) electrons. The first-order valence-electron chi connectivity index (χ1n) is 7.16. The van der Waals surface area contributed by atoms with Crippen molar-refractivity contribution in [2.75, 3.05) is 0 Å². The number of halogens is 2. The molecule has 0 amide bonds. The van der Waals surface area contributed by atoms with Crippen molar-refractivity contribution in [3.63, 3.8) is 0 Å². The molecule has 0 aliphatic rings. The van der Waals surface area contributed by atoms with Crippen LogP contribution in [-0.2, 0) is 13.6 Å². The highest BCUT2D eigenvalue weighted by atomic mass is 79.9. The van der Waals surface area contributed by atoms with Gasteiger partial charge in [-0.1, -0.05) is 23.7 Å². The van der Waals surface area contributed by atoms with E-state index in [-0.39, 0.29) is 12.1 Å². The van der Waals surface area contributed by atoms with Crippen LogP contribution in [0.4, 0.5) is 0 Å². The van der Waals surface area contributed by atoms with E-state index in [2.05, 4.69) is 31.0 Å². The molecule has 0 unspecified atom stereocenters. The Kier molecular flexibility index (Phi) is 3.62. The first-order chi connectivity index (χ1) is 11.6. The zero-order valence-electron chi connectivity index (χ0n) is 12.6. The molecule has 0 N–H and O–H groups in total. The lowest BCUT2D eigenvalue weighted by Gasteiger charge is -2.10. The maximum Gasteiger partial charge on any atom is 0.265 e. The second-order valence-electron chi connectivity index (χ2n) is 5.39. The summed E-state index contributed by atoms with van der Waals surface area (Å²) in [5.41, 5.74) is 1.93. The Morgan fingerprint density at radius 3 is 2.92 bits per heavy atom. The molecule has 3 aromatic heterocycles. The van der Waals surface area contributed by atoms with Crippen LogP contribution >= 0.6 is 27.5 Å². The van der Waals surface area contributed by atoms with Crippen molar-refractivity contribution in [1.82, 2.24) is 24.3 Å². The SMILES string of the molecule is Cn1nc(Br)c2c(=O)n(Cc3c(Cl)ccc4cccnc34)cnc21. The molecule has 0 fully saturated rings. The number of pyridine rings is 1. The smallest absolute Gasteiger partial charge is 0.265 e. The minimum absolute atomic E-state index is 0.177. The van der Waals surface area contributed by atoms with Gasteiger partial charge in [-0.25, -0.2) is 9.67 Å². The number of benzene rings is 1. The van der Waals surface area contributed by atoms with Crippen molar-refractivity contribution >= 4 is 49.5 Å². The van der Waals surface area contributed by atoms with Crippen molar-refractivity contribution in [3.05, 3.63) is 62.3 Å². The van der Waals surface area contributed by atoms with Crippen LogP contribution in [0.5, 0.6) is 0 Å². The summed E-state index contributed by atoms with van der Waals surface area (Å²) in [6, 6.07) is 7.56. The van der Waals surface area contributed by atoms with Crippen molar-refractivity contribution < 1.29 is 0 Å². The van der Waals surface area contributed by atoms with E-state index in [9.17, 15) is 4.79 Å². The third-order valence-electron chi connectivity index (χ3n) is 3.92. The van der Waals surface area contributed by atoms with Crippen molar-refractivity contribution in [3.8, 4) is 0 Å². The fourth-order valence-corrected chi connectivity index (χ4v) is 3.55. The van der Waals surface area contributed by atoms with Crippen LogP contribution in [0.15, 0.2) is 46.2 Å². The Morgan fingerprint density at radius 2 is 2.08 bits per heavy atom. The monoisotopic (exact) mass is 403 g/mol. The highest BCUT2D eigenvalue weighted by Crippen LogP contribution is 2.25. The number of nitrogens with zero attached hydrogens (tertiary/aromatic N) is 5. The Bertz CT molecular complexity index is 1150. The molecule has 0 bridgehead atoms. The number of rotatable bonds is 2. The van der Waals surface area contributed by atoms with Gasteiger partial charge >= 0.3 is 0 Å². The molecule has 0 spiro atoms. The van der Waals surface area contributed by atoms with Crippen molar-refractivity contribution in [2.45, 2.75) is 6.54 Å². The summed E-state index contributed by atoms with van der Waals surface area (Å²) in [6.07, 6.45) is 3.22. The highest BCUT2D eigenvalue weighted by molar-refractivity contribution is 9.10. The van der Waals surface area contributed by atoms with Crippen LogP contribution in [0.1, 0.15) is 5.56 Å². The van der Waals surface area contributed by atoms with Crippen LogP contribution in [0.2, 0.25) is 5.02 Å². The molecule has 0 saturated carbocycles. The maximum atomic E-state index is 12.8. The van der Waals surface area contributed by atoms with Gasteiger partial charge in [-0.3, -0.25) is 14.3 Å². The summed E-state index contributed by atoms with van der Waals surface area (Å²) in [7, 11) is 1.75. The molecule has 3 heterocycles. The molecule has 0 aliphatic carbocycles. The Hall–Kier alpha value is -2.25. The normalized spacial score (nSPS) is 11.5. The number of hydrogen-bond donors (Lipinski definition) is 0. The van der Waals surface area contributed by atoms with Gasteiger partial charge in [0.05, 0.1) is 12.1 Å². The summed E-state index contributed by atoms with van der Waals surface area (Å²) in [6.45, 7) is 0.288. The second kappa shape index (κ2) is 5.68. The van der Waals surface area contributed by atoms with Gasteiger partial charge in [0.15, 0.2) is 5.65 Å². The first kappa shape index (κ1) is 15.3. The van der Waals surface area contributed by atoms with Gasteiger partial charge < -0.3 is 0 Å². The predicted octanol–water partition coefficient (Wildman–Crippen LogP) is 3.14. The van der Waals surface area contributed by atoms with Gasteiger partial charge in [-0.15, -0.1) is 0 Å². The van der Waals surface area contributed by atoms with Gasteiger partial charge in [0, 0.05) is 29.2 Å². The van der Waals surface area contributed by atoms with Crippen LogP contribution in [0, 0.1) is 0 Å². The molecule has 0 aliphatic heterocycles. The van der Waals surface area contributed by atoms with E-state index in [0.29, 0.717) is 20.7 Å². The van der Waals surface area contributed by atoms with Crippen LogP contribution in [0.3, 0.4) is 0 Å². The summed E-state index contributed by atoms with van der Waals surface area (Å²) in [4.78, 5) is 21.5. The van der Waals surface area contributed by atoms with Gasteiger partial charge in [0.2, 0.25) is 0 Å². The van der Waals surface area contributed by atoms with Gasteiger partial charge in [-0.2, -0.15) is 5.10 Å². The molecule has 0 atom stereocenters. The molecule has 4 rings (SSSR count). The minimum atomic E-state index is -0.177. The van der Waals surface area contributed by atoms with Gasteiger partial charge in [0.1, 0.15) is 16.3 Å².